The number of fused-ring (bicyclic) bond motifs is 1. The predicted octanol–water partition coefficient (Wildman–Crippen LogP) is 2.04. The summed E-state index contributed by atoms with van der Waals surface area (Å²) in [5.41, 5.74) is 4.01. The van der Waals surface area contributed by atoms with Crippen LogP contribution in [0.1, 0.15) is 5.69 Å². The monoisotopic (exact) mass is 219 g/mol. The Hall–Kier alpha value is -1.47. The molecule has 78 valence electrons. The second-order valence-corrected chi connectivity index (χ2v) is 9.17. The summed E-state index contributed by atoms with van der Waals surface area (Å²) in [7, 11) is -1.34. The van der Waals surface area contributed by atoms with Gasteiger partial charge in [0.05, 0.1) is 6.20 Å². The smallest absolute Gasteiger partial charge is 0.231 e. The van der Waals surface area contributed by atoms with Crippen LogP contribution < -0.4 is 9.47 Å². The van der Waals surface area contributed by atoms with E-state index in [9.17, 15) is 0 Å². The van der Waals surface area contributed by atoms with Crippen molar-refractivity contribution in [3.63, 3.8) is 0 Å². The summed E-state index contributed by atoms with van der Waals surface area (Å²) in [6.45, 7) is 6.88. The van der Waals surface area contributed by atoms with Crippen LogP contribution in [-0.4, -0.2) is 19.9 Å². The molecule has 0 unspecified atom stereocenters. The third-order valence-corrected chi connectivity index (χ3v) is 2.70. The normalized spacial score (nSPS) is 13.3. The Balaban J connectivity index is 2.27. The molecule has 2 rings (SSSR count). The van der Waals surface area contributed by atoms with Crippen LogP contribution in [0.3, 0.4) is 0 Å². The Morgan fingerprint density at radius 2 is 2.00 bits per heavy atom. The standard InChI is InChI=1S/C11H13NO2Si/c1-15(2,3)5-4-9-6-10-11(7-12-9)14-8-13-10/h6-7H,8H2,1-3H3. The Labute approximate surface area is 90.4 Å². The summed E-state index contributed by atoms with van der Waals surface area (Å²) in [4.78, 5) is 4.20. The number of hydrogen-bond acceptors (Lipinski definition) is 3. The van der Waals surface area contributed by atoms with E-state index in [4.69, 9.17) is 9.47 Å². The first kappa shape index (κ1) is 10.1. The van der Waals surface area contributed by atoms with E-state index in [1.165, 1.54) is 0 Å². The van der Waals surface area contributed by atoms with Gasteiger partial charge in [0.25, 0.3) is 0 Å². The van der Waals surface area contributed by atoms with E-state index < -0.39 is 8.07 Å². The van der Waals surface area contributed by atoms with E-state index in [0.717, 1.165) is 11.4 Å². The first-order valence-corrected chi connectivity index (χ1v) is 8.33. The van der Waals surface area contributed by atoms with Gasteiger partial charge in [-0.1, -0.05) is 25.6 Å². The third-order valence-electron chi connectivity index (χ3n) is 1.83. The van der Waals surface area contributed by atoms with E-state index in [2.05, 4.69) is 36.1 Å². The van der Waals surface area contributed by atoms with Gasteiger partial charge in [-0.2, -0.15) is 0 Å². The van der Waals surface area contributed by atoms with Crippen LogP contribution in [0, 0.1) is 11.5 Å². The summed E-state index contributed by atoms with van der Waals surface area (Å²) in [6, 6.07) is 1.83. The van der Waals surface area contributed by atoms with E-state index in [1.807, 2.05) is 6.07 Å². The fraction of sp³-hybridized carbons (Fsp3) is 0.364. The second kappa shape index (κ2) is 3.59. The summed E-state index contributed by atoms with van der Waals surface area (Å²) >= 11 is 0. The molecule has 15 heavy (non-hydrogen) atoms. The van der Waals surface area contributed by atoms with Crippen LogP contribution in [-0.2, 0) is 0 Å². The molecule has 3 nitrogen and oxygen atoms in total. The van der Waals surface area contributed by atoms with Gasteiger partial charge in [-0.05, 0) is 0 Å². The minimum absolute atomic E-state index is 0.280. The lowest BCUT2D eigenvalue weighted by Crippen LogP contribution is -2.16. The molecule has 0 aromatic carbocycles. The van der Waals surface area contributed by atoms with Crippen molar-refractivity contribution in [1.29, 1.82) is 0 Å². The van der Waals surface area contributed by atoms with E-state index in [1.54, 1.807) is 6.20 Å². The molecule has 0 bridgehead atoms. The first-order valence-electron chi connectivity index (χ1n) is 4.83. The zero-order chi connectivity index (χ0) is 10.9. The zero-order valence-electron chi connectivity index (χ0n) is 9.13. The molecule has 0 atom stereocenters. The average Bonchev–Trinajstić information content (AvgIpc) is 2.60. The molecule has 2 heterocycles. The third kappa shape index (κ3) is 2.51. The number of nitrogens with zero attached hydrogens (tertiary/aromatic N) is 1. The summed E-state index contributed by atoms with van der Waals surface area (Å²) < 4.78 is 10.4. The molecule has 1 aromatic heterocycles. The summed E-state index contributed by atoms with van der Waals surface area (Å²) in [6.07, 6.45) is 1.66. The number of rotatable bonds is 0. The van der Waals surface area contributed by atoms with Gasteiger partial charge in [0.2, 0.25) is 6.79 Å². The predicted molar refractivity (Wildman–Crippen MR) is 60.6 cm³/mol. The van der Waals surface area contributed by atoms with E-state index in [-0.39, 0.29) is 6.79 Å². The van der Waals surface area contributed by atoms with Crippen molar-refractivity contribution in [2.45, 2.75) is 19.6 Å². The molecule has 0 spiro atoms. The maximum atomic E-state index is 5.25. The minimum atomic E-state index is -1.34. The number of ether oxygens (including phenoxy) is 2. The highest BCUT2D eigenvalue weighted by Crippen LogP contribution is 2.30. The van der Waals surface area contributed by atoms with Crippen molar-refractivity contribution in [3.8, 4) is 23.0 Å². The molecular weight excluding hydrogens is 206 g/mol. The molecule has 4 heteroatoms. The van der Waals surface area contributed by atoms with Gasteiger partial charge in [-0.15, -0.1) is 5.54 Å². The Morgan fingerprint density at radius 1 is 1.27 bits per heavy atom. The van der Waals surface area contributed by atoms with Gasteiger partial charge >= 0.3 is 0 Å². The fourth-order valence-corrected chi connectivity index (χ4v) is 1.62. The van der Waals surface area contributed by atoms with Crippen molar-refractivity contribution in [2.75, 3.05) is 6.79 Å². The van der Waals surface area contributed by atoms with Crippen molar-refractivity contribution in [3.05, 3.63) is 18.0 Å². The molecular formula is C11H13NO2Si. The van der Waals surface area contributed by atoms with Gasteiger partial charge in [0.15, 0.2) is 11.5 Å². The summed E-state index contributed by atoms with van der Waals surface area (Å²) in [5.74, 6) is 4.52. The second-order valence-electron chi connectivity index (χ2n) is 4.42. The van der Waals surface area contributed by atoms with E-state index in [0.29, 0.717) is 5.75 Å². The molecule has 0 N–H and O–H groups in total. The van der Waals surface area contributed by atoms with Gasteiger partial charge in [-0.25, -0.2) is 4.98 Å². The van der Waals surface area contributed by atoms with Crippen molar-refractivity contribution >= 4 is 8.07 Å². The molecule has 0 amide bonds. The summed E-state index contributed by atoms with van der Waals surface area (Å²) in [5, 5.41) is 0. The highest BCUT2D eigenvalue weighted by molar-refractivity contribution is 6.83. The Bertz CT molecular complexity index is 440. The lowest BCUT2D eigenvalue weighted by atomic mass is 10.3. The molecule has 0 fully saturated rings. The van der Waals surface area contributed by atoms with E-state index >= 15 is 0 Å². The zero-order valence-corrected chi connectivity index (χ0v) is 10.1. The van der Waals surface area contributed by atoms with Crippen LogP contribution in [0.2, 0.25) is 19.6 Å². The highest BCUT2D eigenvalue weighted by atomic mass is 28.3. The number of pyridine rings is 1. The van der Waals surface area contributed by atoms with Gasteiger partial charge in [0.1, 0.15) is 13.8 Å². The van der Waals surface area contributed by atoms with Crippen LogP contribution in [0.25, 0.3) is 0 Å². The highest BCUT2D eigenvalue weighted by Gasteiger charge is 2.14. The topological polar surface area (TPSA) is 31.4 Å². The van der Waals surface area contributed by atoms with Crippen LogP contribution >= 0.6 is 0 Å². The van der Waals surface area contributed by atoms with Gasteiger partial charge in [-0.3, -0.25) is 0 Å². The molecule has 0 aliphatic carbocycles. The van der Waals surface area contributed by atoms with Gasteiger partial charge < -0.3 is 9.47 Å². The lowest BCUT2D eigenvalue weighted by Gasteiger charge is -2.03. The fourth-order valence-electron chi connectivity index (χ4n) is 1.12. The SMILES string of the molecule is C[Si](C)(C)C#Cc1cc2c(cn1)OCO2. The van der Waals surface area contributed by atoms with Crippen LogP contribution in [0.4, 0.5) is 0 Å². The lowest BCUT2D eigenvalue weighted by molar-refractivity contribution is 0.174. The van der Waals surface area contributed by atoms with Crippen molar-refractivity contribution in [2.24, 2.45) is 0 Å². The Kier molecular flexibility index (Phi) is 2.41. The maximum absolute atomic E-state index is 5.25. The quantitative estimate of drug-likeness (QED) is 0.494. The number of hydrogen-bond donors (Lipinski definition) is 0. The first-order chi connectivity index (χ1) is 7.04. The molecule has 0 saturated carbocycles. The Morgan fingerprint density at radius 3 is 2.73 bits per heavy atom. The molecule has 0 saturated heterocycles. The molecule has 1 aromatic rings. The van der Waals surface area contributed by atoms with Gasteiger partial charge in [0, 0.05) is 6.07 Å². The number of aromatic nitrogens is 1. The van der Waals surface area contributed by atoms with Crippen molar-refractivity contribution < 1.29 is 9.47 Å². The maximum Gasteiger partial charge on any atom is 0.231 e. The minimum Gasteiger partial charge on any atom is -0.453 e. The van der Waals surface area contributed by atoms with Crippen molar-refractivity contribution in [1.82, 2.24) is 4.98 Å². The molecule has 1 aliphatic rings. The van der Waals surface area contributed by atoms with Crippen LogP contribution in [0.15, 0.2) is 12.3 Å². The average molecular weight is 219 g/mol. The molecule has 0 radical (unpaired) electrons. The molecule has 1 aliphatic heterocycles. The largest absolute Gasteiger partial charge is 0.453 e. The van der Waals surface area contributed by atoms with Crippen LogP contribution in [0.5, 0.6) is 11.5 Å².